The molecule has 0 N–H and O–H groups in total. The second-order valence-corrected chi connectivity index (χ2v) is 5.03. The molecule has 76 valence electrons. The number of rotatable bonds is 4. The highest BCUT2D eigenvalue weighted by atomic mass is 79.9. The minimum absolute atomic E-state index is 0.857. The molecule has 0 aliphatic heterocycles. The third-order valence-electron chi connectivity index (χ3n) is 3.23. The van der Waals surface area contributed by atoms with Gasteiger partial charge in [0, 0.05) is 5.33 Å². The first-order chi connectivity index (χ1) is 6.81. The molecular formula is C13H17Br. The topological polar surface area (TPSA) is 0 Å². The molecule has 0 amide bonds. The van der Waals surface area contributed by atoms with Crippen LogP contribution >= 0.6 is 15.9 Å². The normalized spacial score (nSPS) is 18.1. The van der Waals surface area contributed by atoms with Crippen LogP contribution in [0.1, 0.15) is 24.0 Å². The van der Waals surface area contributed by atoms with Crippen molar-refractivity contribution in [1.82, 2.24) is 0 Å². The van der Waals surface area contributed by atoms with Crippen molar-refractivity contribution in [3.8, 4) is 0 Å². The predicted molar refractivity (Wildman–Crippen MR) is 64.9 cm³/mol. The molecule has 1 aromatic carbocycles. The lowest BCUT2D eigenvalue weighted by Gasteiger charge is -2.14. The van der Waals surface area contributed by atoms with Crippen LogP contribution in [0.5, 0.6) is 0 Å². The monoisotopic (exact) mass is 252 g/mol. The second kappa shape index (κ2) is 4.48. The van der Waals surface area contributed by atoms with Crippen molar-refractivity contribution in [2.45, 2.75) is 26.2 Å². The van der Waals surface area contributed by atoms with Crippen LogP contribution in [0.25, 0.3) is 0 Å². The molecule has 0 spiro atoms. The van der Waals surface area contributed by atoms with Crippen molar-refractivity contribution in [3.63, 3.8) is 0 Å². The van der Waals surface area contributed by atoms with Crippen LogP contribution in [0.15, 0.2) is 24.3 Å². The van der Waals surface area contributed by atoms with Crippen molar-refractivity contribution < 1.29 is 0 Å². The smallest absolute Gasteiger partial charge is 0.00654 e. The molecule has 1 aliphatic rings. The van der Waals surface area contributed by atoms with Gasteiger partial charge in [-0.3, -0.25) is 0 Å². The van der Waals surface area contributed by atoms with E-state index in [9.17, 15) is 0 Å². The average Bonchev–Trinajstić information content (AvgIpc) is 3.00. The first-order valence-corrected chi connectivity index (χ1v) is 6.54. The van der Waals surface area contributed by atoms with Gasteiger partial charge in [-0.1, -0.05) is 40.2 Å². The summed E-state index contributed by atoms with van der Waals surface area (Å²) in [5.41, 5.74) is 2.97. The molecule has 1 aromatic rings. The van der Waals surface area contributed by atoms with E-state index >= 15 is 0 Å². The minimum atomic E-state index is 0.857. The molecular weight excluding hydrogens is 236 g/mol. The summed E-state index contributed by atoms with van der Waals surface area (Å²) in [6, 6.07) is 8.76. The Labute approximate surface area is 94.8 Å². The van der Waals surface area contributed by atoms with Gasteiger partial charge >= 0.3 is 0 Å². The Morgan fingerprint density at radius 3 is 2.64 bits per heavy atom. The van der Waals surface area contributed by atoms with Gasteiger partial charge in [-0.2, -0.15) is 0 Å². The Balaban J connectivity index is 2.04. The van der Waals surface area contributed by atoms with Crippen LogP contribution in [-0.4, -0.2) is 5.33 Å². The summed E-state index contributed by atoms with van der Waals surface area (Å²) in [5, 5.41) is 1.16. The Bertz CT molecular complexity index is 302. The van der Waals surface area contributed by atoms with Crippen molar-refractivity contribution in [3.05, 3.63) is 35.4 Å². The summed E-state index contributed by atoms with van der Waals surface area (Å²) < 4.78 is 0. The molecule has 1 aliphatic carbocycles. The molecule has 1 fully saturated rings. The van der Waals surface area contributed by atoms with Crippen molar-refractivity contribution in [1.29, 1.82) is 0 Å². The molecule has 14 heavy (non-hydrogen) atoms. The molecule has 1 saturated carbocycles. The highest BCUT2D eigenvalue weighted by Crippen LogP contribution is 2.39. The van der Waals surface area contributed by atoms with Crippen LogP contribution in [0.4, 0.5) is 0 Å². The highest BCUT2D eigenvalue weighted by molar-refractivity contribution is 9.09. The fourth-order valence-corrected chi connectivity index (χ4v) is 2.79. The van der Waals surface area contributed by atoms with Crippen LogP contribution in [0.2, 0.25) is 0 Å². The van der Waals surface area contributed by atoms with E-state index in [4.69, 9.17) is 0 Å². The Kier molecular flexibility index (Phi) is 3.27. The lowest BCUT2D eigenvalue weighted by Crippen LogP contribution is -2.09. The number of alkyl halides is 1. The first-order valence-electron chi connectivity index (χ1n) is 5.41. The fourth-order valence-electron chi connectivity index (χ4n) is 2.04. The number of halogens is 1. The van der Waals surface area contributed by atoms with Gasteiger partial charge in [0.1, 0.15) is 0 Å². The maximum Gasteiger partial charge on any atom is 0.00654 e. The molecule has 2 rings (SSSR count). The van der Waals surface area contributed by atoms with Gasteiger partial charge in [0.15, 0.2) is 0 Å². The van der Waals surface area contributed by atoms with Crippen LogP contribution in [-0.2, 0) is 6.42 Å². The van der Waals surface area contributed by atoms with Crippen LogP contribution < -0.4 is 0 Å². The third-order valence-corrected chi connectivity index (χ3v) is 4.06. The zero-order chi connectivity index (χ0) is 9.97. The van der Waals surface area contributed by atoms with Gasteiger partial charge in [0.05, 0.1) is 0 Å². The summed E-state index contributed by atoms with van der Waals surface area (Å²) in [6.45, 7) is 2.22. The maximum atomic E-state index is 3.64. The van der Waals surface area contributed by atoms with Gasteiger partial charge in [-0.15, -0.1) is 0 Å². The van der Waals surface area contributed by atoms with Crippen LogP contribution in [0.3, 0.4) is 0 Å². The van der Waals surface area contributed by atoms with Gasteiger partial charge in [0.2, 0.25) is 0 Å². The van der Waals surface area contributed by atoms with E-state index in [-0.39, 0.29) is 0 Å². The van der Waals surface area contributed by atoms with E-state index in [1.807, 2.05) is 0 Å². The van der Waals surface area contributed by atoms with E-state index in [1.165, 1.54) is 30.4 Å². The molecule has 1 atom stereocenters. The molecule has 0 aromatic heterocycles. The van der Waals surface area contributed by atoms with E-state index in [2.05, 4.69) is 47.1 Å². The van der Waals surface area contributed by atoms with Gasteiger partial charge in [-0.05, 0) is 49.1 Å². The summed E-state index contributed by atoms with van der Waals surface area (Å²) in [7, 11) is 0. The van der Waals surface area contributed by atoms with Gasteiger partial charge in [0.25, 0.3) is 0 Å². The molecule has 0 nitrogen and oxygen atoms in total. The van der Waals surface area contributed by atoms with E-state index in [0.29, 0.717) is 0 Å². The summed E-state index contributed by atoms with van der Waals surface area (Å²) in [5.74, 6) is 1.85. The number of hydrogen-bond donors (Lipinski definition) is 0. The lowest BCUT2D eigenvalue weighted by atomic mass is 9.94. The molecule has 0 saturated heterocycles. The molecule has 0 bridgehead atoms. The van der Waals surface area contributed by atoms with Crippen molar-refractivity contribution in [2.24, 2.45) is 11.8 Å². The standard InChI is InChI=1S/C13H17Br/c1-10-4-2-3-5-12(10)8-13(9-14)11-6-7-11/h2-5,11,13H,6-9H2,1H3. The molecule has 0 heterocycles. The largest absolute Gasteiger partial charge is 0.0925 e. The van der Waals surface area contributed by atoms with E-state index in [0.717, 1.165) is 17.2 Å². The van der Waals surface area contributed by atoms with E-state index < -0.39 is 0 Å². The number of aryl methyl sites for hydroxylation is 1. The van der Waals surface area contributed by atoms with E-state index in [1.54, 1.807) is 0 Å². The quantitative estimate of drug-likeness (QED) is 0.712. The molecule has 1 unspecified atom stereocenters. The summed E-state index contributed by atoms with van der Waals surface area (Å²) >= 11 is 3.64. The Hall–Kier alpha value is -0.300. The van der Waals surface area contributed by atoms with Gasteiger partial charge in [-0.25, -0.2) is 0 Å². The molecule has 0 radical (unpaired) electrons. The number of hydrogen-bond acceptors (Lipinski definition) is 0. The minimum Gasteiger partial charge on any atom is -0.0925 e. The summed E-state index contributed by atoms with van der Waals surface area (Å²) in [4.78, 5) is 0. The van der Waals surface area contributed by atoms with Crippen molar-refractivity contribution in [2.75, 3.05) is 5.33 Å². The Morgan fingerprint density at radius 2 is 2.07 bits per heavy atom. The fraction of sp³-hybridized carbons (Fsp3) is 0.538. The summed E-state index contributed by atoms with van der Waals surface area (Å²) in [6.07, 6.45) is 4.15. The second-order valence-electron chi connectivity index (χ2n) is 4.38. The predicted octanol–water partition coefficient (Wildman–Crippen LogP) is 3.96. The van der Waals surface area contributed by atoms with Crippen molar-refractivity contribution >= 4 is 15.9 Å². The SMILES string of the molecule is Cc1ccccc1CC(CBr)C1CC1. The zero-order valence-corrected chi connectivity index (χ0v) is 10.3. The molecule has 1 heteroatoms. The number of benzene rings is 1. The average molecular weight is 253 g/mol. The first kappa shape index (κ1) is 10.2. The maximum absolute atomic E-state index is 3.64. The zero-order valence-electron chi connectivity index (χ0n) is 8.67. The third kappa shape index (κ3) is 2.38. The van der Waals surface area contributed by atoms with Crippen LogP contribution in [0, 0.1) is 18.8 Å². The highest BCUT2D eigenvalue weighted by Gasteiger charge is 2.30. The Morgan fingerprint density at radius 1 is 1.36 bits per heavy atom. The van der Waals surface area contributed by atoms with Gasteiger partial charge < -0.3 is 0 Å². The lowest BCUT2D eigenvalue weighted by molar-refractivity contribution is 0.518.